The first-order valence-corrected chi connectivity index (χ1v) is 7.19. The molecule has 0 saturated carbocycles. The summed E-state index contributed by atoms with van der Waals surface area (Å²) in [5, 5.41) is 9.03. The van der Waals surface area contributed by atoms with Gasteiger partial charge in [-0.25, -0.2) is 9.97 Å². The average molecular weight is 295 g/mol. The normalized spacial score (nSPS) is 10.5. The van der Waals surface area contributed by atoms with Crippen molar-refractivity contribution in [3.05, 3.63) is 11.9 Å². The molecule has 0 unspecified atom stereocenters. The Hall–Kier alpha value is -1.89. The van der Waals surface area contributed by atoms with Crippen molar-refractivity contribution in [3.63, 3.8) is 0 Å². The molecule has 1 rings (SSSR count). The molecular weight excluding hydrogens is 270 g/mol. The van der Waals surface area contributed by atoms with E-state index in [4.69, 9.17) is 4.74 Å². The van der Waals surface area contributed by atoms with Crippen LogP contribution in [0.15, 0.2) is 6.07 Å². The van der Waals surface area contributed by atoms with Gasteiger partial charge in [-0.15, -0.1) is 0 Å². The number of aromatic nitrogens is 2. The summed E-state index contributed by atoms with van der Waals surface area (Å²) in [7, 11) is 1.60. The van der Waals surface area contributed by atoms with Crippen molar-refractivity contribution >= 4 is 17.5 Å². The monoisotopic (exact) mass is 295 g/mol. The van der Waals surface area contributed by atoms with E-state index < -0.39 is 0 Å². The van der Waals surface area contributed by atoms with Gasteiger partial charge in [-0.1, -0.05) is 6.92 Å². The summed E-state index contributed by atoms with van der Waals surface area (Å²) in [5.41, 5.74) is 0. The number of hydrogen-bond acceptors (Lipinski definition) is 6. The van der Waals surface area contributed by atoms with Gasteiger partial charge in [-0.2, -0.15) is 0 Å². The second-order valence-electron chi connectivity index (χ2n) is 4.99. The molecule has 0 aliphatic carbocycles. The van der Waals surface area contributed by atoms with Crippen LogP contribution in [0.3, 0.4) is 0 Å². The molecule has 7 heteroatoms. The zero-order valence-electron chi connectivity index (χ0n) is 13.2. The van der Waals surface area contributed by atoms with Gasteiger partial charge in [0.25, 0.3) is 0 Å². The van der Waals surface area contributed by atoms with Crippen LogP contribution >= 0.6 is 0 Å². The fourth-order valence-corrected chi connectivity index (χ4v) is 1.67. The van der Waals surface area contributed by atoms with Crippen molar-refractivity contribution in [1.29, 1.82) is 0 Å². The molecule has 3 N–H and O–H groups in total. The summed E-state index contributed by atoms with van der Waals surface area (Å²) in [6.45, 7) is 7.26. The lowest BCUT2D eigenvalue weighted by molar-refractivity contribution is -0.119. The highest BCUT2D eigenvalue weighted by atomic mass is 16.5. The molecule has 7 nitrogen and oxygen atoms in total. The number of nitrogens with one attached hydrogen (secondary N) is 3. The van der Waals surface area contributed by atoms with Crippen LogP contribution in [0.4, 0.5) is 11.6 Å². The van der Waals surface area contributed by atoms with E-state index in [0.717, 1.165) is 18.8 Å². The van der Waals surface area contributed by atoms with E-state index >= 15 is 0 Å². The first-order valence-electron chi connectivity index (χ1n) is 7.19. The summed E-state index contributed by atoms with van der Waals surface area (Å²) < 4.78 is 5.06. The van der Waals surface area contributed by atoms with Crippen molar-refractivity contribution < 1.29 is 9.53 Å². The lowest BCUT2D eigenvalue weighted by Gasteiger charge is -2.12. The van der Waals surface area contributed by atoms with Crippen LogP contribution in [-0.2, 0) is 16.1 Å². The Morgan fingerprint density at radius 2 is 1.95 bits per heavy atom. The molecule has 0 radical (unpaired) electrons. The number of carbonyl (C=O) groups excluding carboxylic acids is 1. The fraction of sp³-hybridized carbons (Fsp3) is 0.643. The standard InChI is InChI=1S/C14H25N5O2/c1-5-6-15-11-7-12(19-13(18-11)9-21-4)16-8-14(20)17-10(2)3/h7,10H,5-6,8-9H2,1-4H3,(H,17,20)(H2,15,16,18,19). The fourth-order valence-electron chi connectivity index (χ4n) is 1.67. The van der Waals surface area contributed by atoms with Crippen LogP contribution in [0, 0.1) is 0 Å². The number of amides is 1. The Kier molecular flexibility index (Phi) is 7.45. The third-order valence-corrected chi connectivity index (χ3v) is 2.48. The number of carbonyl (C=O) groups is 1. The van der Waals surface area contributed by atoms with Crippen LogP contribution < -0.4 is 16.0 Å². The predicted molar refractivity (Wildman–Crippen MR) is 83.3 cm³/mol. The van der Waals surface area contributed by atoms with Gasteiger partial charge in [0, 0.05) is 25.8 Å². The largest absolute Gasteiger partial charge is 0.377 e. The van der Waals surface area contributed by atoms with E-state index in [2.05, 4.69) is 32.8 Å². The lowest BCUT2D eigenvalue weighted by atomic mass is 10.4. The van der Waals surface area contributed by atoms with E-state index in [-0.39, 0.29) is 18.5 Å². The van der Waals surface area contributed by atoms with Crippen molar-refractivity contribution in [2.75, 3.05) is 30.8 Å². The predicted octanol–water partition coefficient (Wildman–Crippen LogP) is 1.38. The number of methoxy groups -OCH3 is 1. The van der Waals surface area contributed by atoms with Gasteiger partial charge >= 0.3 is 0 Å². The van der Waals surface area contributed by atoms with Gasteiger partial charge in [-0.3, -0.25) is 4.79 Å². The van der Waals surface area contributed by atoms with E-state index in [1.54, 1.807) is 13.2 Å². The summed E-state index contributed by atoms with van der Waals surface area (Å²) in [4.78, 5) is 20.3. The van der Waals surface area contributed by atoms with Crippen molar-refractivity contribution in [2.45, 2.75) is 39.8 Å². The number of ether oxygens (including phenoxy) is 1. The summed E-state index contributed by atoms with van der Waals surface area (Å²) >= 11 is 0. The highest BCUT2D eigenvalue weighted by Gasteiger charge is 2.07. The molecule has 1 aromatic heterocycles. The van der Waals surface area contributed by atoms with Crippen LogP contribution in [0.2, 0.25) is 0 Å². The van der Waals surface area contributed by atoms with Gasteiger partial charge in [0.05, 0.1) is 6.54 Å². The second kappa shape index (κ2) is 9.12. The highest BCUT2D eigenvalue weighted by Crippen LogP contribution is 2.12. The molecule has 1 aromatic rings. The summed E-state index contributed by atoms with van der Waals surface area (Å²) in [5.74, 6) is 1.84. The molecule has 0 bridgehead atoms. The number of rotatable bonds is 9. The smallest absolute Gasteiger partial charge is 0.239 e. The molecule has 0 aromatic carbocycles. The minimum absolute atomic E-state index is 0.0695. The molecule has 1 heterocycles. The first kappa shape index (κ1) is 17.2. The van der Waals surface area contributed by atoms with Gasteiger partial charge in [0.1, 0.15) is 18.2 Å². The quantitative estimate of drug-likeness (QED) is 0.638. The average Bonchev–Trinajstić information content (AvgIpc) is 2.42. The lowest BCUT2D eigenvalue weighted by Crippen LogP contribution is -2.35. The van der Waals surface area contributed by atoms with E-state index in [9.17, 15) is 4.79 Å². The Morgan fingerprint density at radius 3 is 2.52 bits per heavy atom. The van der Waals surface area contributed by atoms with E-state index in [1.807, 2.05) is 13.8 Å². The van der Waals surface area contributed by atoms with Crippen LogP contribution in [-0.4, -0.2) is 42.1 Å². The third-order valence-electron chi connectivity index (χ3n) is 2.48. The first-order chi connectivity index (χ1) is 10.0. The third kappa shape index (κ3) is 6.89. The van der Waals surface area contributed by atoms with Crippen LogP contribution in [0.25, 0.3) is 0 Å². The Bertz CT molecular complexity index is 451. The maximum Gasteiger partial charge on any atom is 0.239 e. The molecule has 0 fully saturated rings. The Balaban J connectivity index is 2.70. The maximum absolute atomic E-state index is 11.6. The molecule has 1 amide bonds. The molecule has 21 heavy (non-hydrogen) atoms. The van der Waals surface area contributed by atoms with Crippen LogP contribution in [0.5, 0.6) is 0 Å². The Labute approximate surface area is 125 Å². The molecule has 118 valence electrons. The zero-order valence-corrected chi connectivity index (χ0v) is 13.2. The number of anilines is 2. The van der Waals surface area contributed by atoms with Crippen molar-refractivity contribution in [3.8, 4) is 0 Å². The topological polar surface area (TPSA) is 88.2 Å². The molecule has 0 atom stereocenters. The zero-order chi connectivity index (χ0) is 15.7. The molecule has 0 aliphatic heterocycles. The van der Waals surface area contributed by atoms with E-state index in [1.165, 1.54) is 0 Å². The summed E-state index contributed by atoms with van der Waals surface area (Å²) in [6, 6.07) is 1.91. The van der Waals surface area contributed by atoms with Gasteiger partial charge in [-0.05, 0) is 20.3 Å². The molecule has 0 saturated heterocycles. The second-order valence-corrected chi connectivity index (χ2v) is 4.99. The van der Waals surface area contributed by atoms with Gasteiger partial charge in [0.2, 0.25) is 5.91 Å². The summed E-state index contributed by atoms with van der Waals surface area (Å²) in [6.07, 6.45) is 1.00. The minimum Gasteiger partial charge on any atom is -0.377 e. The van der Waals surface area contributed by atoms with Crippen LogP contribution in [0.1, 0.15) is 33.0 Å². The maximum atomic E-state index is 11.6. The number of nitrogens with zero attached hydrogens (tertiary/aromatic N) is 2. The van der Waals surface area contributed by atoms with Crippen molar-refractivity contribution in [1.82, 2.24) is 15.3 Å². The molecular formula is C14H25N5O2. The minimum atomic E-state index is -0.0695. The number of hydrogen-bond donors (Lipinski definition) is 3. The van der Waals surface area contributed by atoms with Gasteiger partial charge in [0.15, 0.2) is 5.82 Å². The Morgan fingerprint density at radius 1 is 1.29 bits per heavy atom. The highest BCUT2D eigenvalue weighted by molar-refractivity contribution is 5.80. The van der Waals surface area contributed by atoms with E-state index in [0.29, 0.717) is 18.2 Å². The van der Waals surface area contributed by atoms with Gasteiger partial charge < -0.3 is 20.7 Å². The SMILES string of the molecule is CCCNc1cc(NCC(=O)NC(C)C)nc(COC)n1. The molecule has 0 spiro atoms. The van der Waals surface area contributed by atoms with Crippen molar-refractivity contribution in [2.24, 2.45) is 0 Å². The molecule has 0 aliphatic rings.